The van der Waals surface area contributed by atoms with Crippen LogP contribution in [-0.2, 0) is 9.22 Å². The normalized spacial score (nSPS) is 7.57. The molecular formula is C4H6O2Si. The number of carbonyl (C=O) groups excluding carboxylic acids is 1. The maximum atomic E-state index is 10.1. The molecule has 0 fully saturated rings. The van der Waals surface area contributed by atoms with Gasteiger partial charge in [-0.3, -0.25) is 0 Å². The fourth-order valence-electron chi connectivity index (χ4n) is 0.142. The van der Waals surface area contributed by atoms with Gasteiger partial charge in [-0.25, -0.2) is 4.79 Å². The molecule has 3 heteroatoms. The van der Waals surface area contributed by atoms with Gasteiger partial charge in [-0.1, -0.05) is 6.58 Å². The summed E-state index contributed by atoms with van der Waals surface area (Å²) in [5, 5.41) is 0. The van der Waals surface area contributed by atoms with Crippen molar-refractivity contribution in [2.75, 3.05) is 0 Å². The second-order valence-corrected chi connectivity index (χ2v) is 1.44. The first-order valence-corrected chi connectivity index (χ1v) is 3.22. The lowest BCUT2D eigenvalue weighted by molar-refractivity contribution is -0.128. The summed E-state index contributed by atoms with van der Waals surface area (Å²) in [5.41, 5.74) is 0. The minimum Gasteiger partial charge on any atom is -0.514 e. The molecule has 38 valence electrons. The van der Waals surface area contributed by atoms with Crippen molar-refractivity contribution in [1.82, 2.24) is 0 Å². The molecule has 0 bridgehead atoms. The van der Waals surface area contributed by atoms with Crippen LogP contribution in [0.3, 0.4) is 0 Å². The average molecular weight is 114 g/mol. The number of hydrogen-bond donors (Lipinski definition) is 0. The summed E-state index contributed by atoms with van der Waals surface area (Å²) in [6.07, 6.45) is 1.15. The van der Waals surface area contributed by atoms with Gasteiger partial charge in [0.25, 0.3) is 0 Å². The van der Waals surface area contributed by atoms with Gasteiger partial charge in [-0.2, -0.15) is 0 Å². The average Bonchev–Trinajstić information content (AvgIpc) is 1.68. The molecule has 0 aliphatic rings. The largest absolute Gasteiger partial charge is 0.514 e. The van der Waals surface area contributed by atoms with E-state index in [1.165, 1.54) is 0 Å². The third-order valence-electron chi connectivity index (χ3n) is 0.369. The van der Waals surface area contributed by atoms with Gasteiger partial charge < -0.3 is 4.43 Å². The molecule has 0 spiro atoms. The summed E-state index contributed by atoms with van der Waals surface area (Å²) in [6, 6.07) is 0. The monoisotopic (exact) mass is 114 g/mol. The lowest BCUT2D eigenvalue weighted by Crippen LogP contribution is -2.00. The van der Waals surface area contributed by atoms with E-state index < -0.39 is 0 Å². The Labute approximate surface area is 45.1 Å². The van der Waals surface area contributed by atoms with E-state index in [9.17, 15) is 4.79 Å². The molecule has 0 aromatic heterocycles. The highest BCUT2D eigenvalue weighted by Gasteiger charge is 1.88. The Morgan fingerprint density at radius 1 is 2.00 bits per heavy atom. The third kappa shape index (κ3) is 3.25. The van der Waals surface area contributed by atoms with Crippen molar-refractivity contribution in [3.63, 3.8) is 0 Å². The van der Waals surface area contributed by atoms with Crippen LogP contribution in [0.15, 0.2) is 12.7 Å². The van der Waals surface area contributed by atoms with E-state index in [1.807, 2.05) is 0 Å². The Hall–Kier alpha value is -0.573. The molecule has 0 aliphatic carbocycles. The molecule has 0 N–H and O–H groups in total. The van der Waals surface area contributed by atoms with Crippen LogP contribution in [0.1, 0.15) is 0 Å². The van der Waals surface area contributed by atoms with Gasteiger partial charge in [0.1, 0.15) is 0 Å². The molecule has 0 amide bonds. The first-order chi connectivity index (χ1) is 3.31. The van der Waals surface area contributed by atoms with Crippen LogP contribution >= 0.6 is 0 Å². The van der Waals surface area contributed by atoms with E-state index >= 15 is 0 Å². The quantitative estimate of drug-likeness (QED) is 0.383. The maximum absolute atomic E-state index is 10.1. The van der Waals surface area contributed by atoms with Crippen molar-refractivity contribution in [3.8, 4) is 0 Å². The number of carbonyl (C=O) groups is 1. The fourth-order valence-corrected chi connectivity index (χ4v) is 0.427. The van der Waals surface area contributed by atoms with Gasteiger partial charge in [0.05, 0.1) is 0 Å². The lowest BCUT2D eigenvalue weighted by Gasteiger charge is -1.89. The lowest BCUT2D eigenvalue weighted by atomic mass is 10.7. The fraction of sp³-hybridized carbons (Fsp3) is 0.250. The van der Waals surface area contributed by atoms with Crippen molar-refractivity contribution in [3.05, 3.63) is 12.7 Å². The van der Waals surface area contributed by atoms with Gasteiger partial charge in [0.2, 0.25) is 0 Å². The van der Waals surface area contributed by atoms with Crippen molar-refractivity contribution < 1.29 is 9.22 Å². The number of rotatable bonds is 2. The predicted molar refractivity (Wildman–Crippen MR) is 27.9 cm³/mol. The highest BCUT2D eigenvalue weighted by molar-refractivity contribution is 6.29. The molecule has 0 saturated carbocycles. The van der Waals surface area contributed by atoms with Crippen LogP contribution in [0.25, 0.3) is 0 Å². The second-order valence-electron chi connectivity index (χ2n) is 0.829. The molecule has 0 heterocycles. The SMILES string of the molecule is C=CC(=O)O[Si]C. The summed E-state index contributed by atoms with van der Waals surface area (Å²) in [7, 11) is 0.224. The third-order valence-corrected chi connectivity index (χ3v) is 0.775. The Morgan fingerprint density at radius 3 is 2.71 bits per heavy atom. The van der Waals surface area contributed by atoms with E-state index in [1.54, 1.807) is 6.55 Å². The first-order valence-electron chi connectivity index (χ1n) is 1.81. The van der Waals surface area contributed by atoms with E-state index in [2.05, 4.69) is 11.0 Å². The van der Waals surface area contributed by atoms with Gasteiger partial charge in [0, 0.05) is 6.08 Å². The van der Waals surface area contributed by atoms with Crippen molar-refractivity contribution >= 4 is 15.7 Å². The summed E-state index contributed by atoms with van der Waals surface area (Å²) in [5.74, 6) is -0.346. The molecule has 0 aromatic rings. The molecular weight excluding hydrogens is 108 g/mol. The molecule has 0 saturated heterocycles. The van der Waals surface area contributed by atoms with E-state index in [0.717, 1.165) is 6.08 Å². The van der Waals surface area contributed by atoms with Crippen LogP contribution in [-0.4, -0.2) is 15.7 Å². The van der Waals surface area contributed by atoms with Crippen LogP contribution in [0.5, 0.6) is 0 Å². The topological polar surface area (TPSA) is 26.3 Å². The molecule has 0 rings (SSSR count). The molecule has 7 heavy (non-hydrogen) atoms. The summed E-state index contributed by atoms with van der Waals surface area (Å²) >= 11 is 0. The van der Waals surface area contributed by atoms with Crippen LogP contribution in [0.4, 0.5) is 0 Å². The second kappa shape index (κ2) is 3.61. The highest BCUT2D eigenvalue weighted by atomic mass is 28.2. The van der Waals surface area contributed by atoms with Crippen LogP contribution in [0, 0.1) is 0 Å². The Kier molecular flexibility index (Phi) is 3.32. The minimum atomic E-state index is -0.346. The van der Waals surface area contributed by atoms with Crippen molar-refractivity contribution in [1.29, 1.82) is 0 Å². The molecule has 0 atom stereocenters. The van der Waals surface area contributed by atoms with Gasteiger partial charge >= 0.3 is 15.7 Å². The molecule has 0 aliphatic heterocycles. The minimum absolute atomic E-state index is 0.224. The van der Waals surface area contributed by atoms with E-state index in [0.29, 0.717) is 0 Å². The standard InChI is InChI=1S/C4H6O2Si/c1-3-4(5)6-7-2/h3H,1H2,2H3. The summed E-state index contributed by atoms with van der Waals surface area (Å²) in [6.45, 7) is 4.99. The smallest absolute Gasteiger partial charge is 0.316 e. The zero-order valence-corrected chi connectivity index (χ0v) is 5.10. The molecule has 2 radical (unpaired) electrons. The Morgan fingerprint density at radius 2 is 2.57 bits per heavy atom. The molecule has 2 nitrogen and oxygen atoms in total. The summed E-state index contributed by atoms with van der Waals surface area (Å²) in [4.78, 5) is 10.1. The first kappa shape index (κ1) is 6.43. The van der Waals surface area contributed by atoms with Gasteiger partial charge in [-0.15, -0.1) is 0 Å². The number of hydrogen-bond acceptors (Lipinski definition) is 2. The Bertz CT molecular complexity index is 79.8. The van der Waals surface area contributed by atoms with E-state index in [4.69, 9.17) is 0 Å². The Balaban J connectivity index is 3.17. The van der Waals surface area contributed by atoms with Crippen LogP contribution in [0.2, 0.25) is 6.55 Å². The molecule has 0 aromatic carbocycles. The van der Waals surface area contributed by atoms with Gasteiger partial charge in [-0.05, 0) is 6.55 Å². The van der Waals surface area contributed by atoms with Crippen LogP contribution < -0.4 is 0 Å². The zero-order chi connectivity index (χ0) is 5.70. The van der Waals surface area contributed by atoms with Gasteiger partial charge in [0.15, 0.2) is 0 Å². The molecule has 0 unspecified atom stereocenters. The van der Waals surface area contributed by atoms with Crippen molar-refractivity contribution in [2.24, 2.45) is 0 Å². The summed E-state index contributed by atoms with van der Waals surface area (Å²) < 4.78 is 4.46. The predicted octanol–water partition coefficient (Wildman–Crippen LogP) is 0.383. The van der Waals surface area contributed by atoms with Crippen molar-refractivity contribution in [2.45, 2.75) is 6.55 Å². The highest BCUT2D eigenvalue weighted by Crippen LogP contribution is 1.72. The maximum Gasteiger partial charge on any atom is 0.316 e. The van der Waals surface area contributed by atoms with E-state index in [-0.39, 0.29) is 15.7 Å². The zero-order valence-electron chi connectivity index (χ0n) is 4.10.